The van der Waals surface area contributed by atoms with E-state index in [0.29, 0.717) is 39.9 Å². The molecular formula is C30H26N6O4S3. The van der Waals surface area contributed by atoms with E-state index < -0.39 is 6.04 Å². The van der Waals surface area contributed by atoms with E-state index in [1.54, 1.807) is 28.5 Å². The second-order valence-corrected chi connectivity index (χ2v) is 12.9. The summed E-state index contributed by atoms with van der Waals surface area (Å²) >= 11 is 4.42. The average molecular weight is 631 g/mol. The average Bonchev–Trinajstić information content (AvgIpc) is 3.86. The molecule has 1 aliphatic heterocycles. The third-order valence-electron chi connectivity index (χ3n) is 7.29. The number of hydrogen-bond donors (Lipinski definition) is 1. The van der Waals surface area contributed by atoms with E-state index in [9.17, 15) is 9.59 Å². The fraction of sp³-hybridized carbons (Fsp3) is 0.233. The first-order chi connectivity index (χ1) is 21.1. The Morgan fingerprint density at radius 3 is 2.81 bits per heavy atom. The van der Waals surface area contributed by atoms with Gasteiger partial charge in [0.1, 0.15) is 24.1 Å². The molecule has 0 bridgehead atoms. The van der Waals surface area contributed by atoms with E-state index in [4.69, 9.17) is 14.1 Å². The number of oxazole rings is 1. The highest BCUT2D eigenvalue weighted by Crippen LogP contribution is 2.32. The van der Waals surface area contributed by atoms with Gasteiger partial charge in [-0.15, -0.1) is 16.4 Å². The molecule has 1 N–H and O–H groups in total. The minimum absolute atomic E-state index is 0.151. The Kier molecular flexibility index (Phi) is 7.59. The van der Waals surface area contributed by atoms with Crippen LogP contribution in [0.5, 0.6) is 5.75 Å². The van der Waals surface area contributed by atoms with Gasteiger partial charge in [-0.1, -0.05) is 65.6 Å². The minimum Gasteiger partial charge on any atom is -0.489 e. The maximum atomic E-state index is 14.0. The SMILES string of the molecule is CSc1nn2cc(-c3nc4c(OC[C@@H]5CCCN5C(=O)[C@H](NC(=O)c5cccs5)c5ccccc5)cccc4o3)nc2s1. The Morgan fingerprint density at radius 2 is 2.02 bits per heavy atom. The molecule has 2 amide bonds. The molecule has 0 saturated carbocycles. The molecule has 2 atom stereocenters. The number of fused-ring (bicyclic) bond motifs is 2. The van der Waals surface area contributed by atoms with Crippen molar-refractivity contribution in [1.29, 1.82) is 0 Å². The standard InChI is InChI=1S/C30H26N6O4S3/c1-41-30-34-36-16-20(31-29(36)43-30)27-33-25-21(11-5-12-22(25)40-27)39-17-19-10-6-14-35(19)28(38)24(18-8-3-2-4-9-18)32-26(37)23-13-7-15-42-23/h2-5,7-9,11-13,15-16,19,24H,6,10,14,17H2,1H3,(H,32,37)/t19-,24+/m0/s1. The second kappa shape index (κ2) is 11.8. The Bertz CT molecular complexity index is 1870. The third kappa shape index (κ3) is 5.51. The summed E-state index contributed by atoms with van der Waals surface area (Å²) in [6.07, 6.45) is 5.43. The van der Waals surface area contributed by atoms with Gasteiger partial charge < -0.3 is 19.4 Å². The Morgan fingerprint density at radius 1 is 1.14 bits per heavy atom. The molecular weight excluding hydrogens is 605 g/mol. The van der Waals surface area contributed by atoms with Crippen LogP contribution in [0.2, 0.25) is 0 Å². The van der Waals surface area contributed by atoms with Crippen LogP contribution in [0.25, 0.3) is 27.6 Å². The van der Waals surface area contributed by atoms with Gasteiger partial charge in [0.15, 0.2) is 15.4 Å². The molecule has 10 nitrogen and oxygen atoms in total. The lowest BCUT2D eigenvalue weighted by Gasteiger charge is -2.29. The minimum atomic E-state index is -0.802. The maximum absolute atomic E-state index is 14.0. The monoisotopic (exact) mass is 630 g/mol. The number of nitrogens with one attached hydrogen (secondary N) is 1. The largest absolute Gasteiger partial charge is 0.489 e. The van der Waals surface area contributed by atoms with Gasteiger partial charge >= 0.3 is 0 Å². The second-order valence-electron chi connectivity index (χ2n) is 9.98. The number of rotatable bonds is 9. The molecule has 0 aliphatic carbocycles. The first kappa shape index (κ1) is 27.6. The van der Waals surface area contributed by atoms with Crippen LogP contribution in [0.4, 0.5) is 0 Å². The summed E-state index contributed by atoms with van der Waals surface area (Å²) in [5.41, 5.74) is 2.51. The highest BCUT2D eigenvalue weighted by Gasteiger charge is 2.35. The van der Waals surface area contributed by atoms with Crippen molar-refractivity contribution in [3.8, 4) is 17.3 Å². The molecule has 1 saturated heterocycles. The predicted octanol–water partition coefficient (Wildman–Crippen LogP) is 5.92. The fourth-order valence-corrected chi connectivity index (χ4v) is 7.18. The molecule has 2 aromatic carbocycles. The molecule has 1 fully saturated rings. The van der Waals surface area contributed by atoms with Gasteiger partial charge in [0.05, 0.1) is 17.1 Å². The van der Waals surface area contributed by atoms with Crippen molar-refractivity contribution in [2.75, 3.05) is 19.4 Å². The lowest BCUT2D eigenvalue weighted by atomic mass is 10.0. The van der Waals surface area contributed by atoms with Crippen LogP contribution in [-0.2, 0) is 4.79 Å². The molecule has 218 valence electrons. The van der Waals surface area contributed by atoms with Crippen LogP contribution in [0.1, 0.15) is 34.1 Å². The number of thioether (sulfide) groups is 1. The Balaban J connectivity index is 1.09. The van der Waals surface area contributed by atoms with Gasteiger partial charge in [-0.3, -0.25) is 9.59 Å². The number of imidazole rings is 1. The Hall–Kier alpha value is -4.20. The third-order valence-corrected chi connectivity index (χ3v) is 10.1. The first-order valence-electron chi connectivity index (χ1n) is 13.7. The summed E-state index contributed by atoms with van der Waals surface area (Å²) in [5, 5.41) is 9.30. The molecule has 0 unspecified atom stereocenters. The highest BCUT2D eigenvalue weighted by atomic mass is 32.2. The summed E-state index contributed by atoms with van der Waals surface area (Å²) < 4.78 is 15.0. The first-order valence-corrected chi connectivity index (χ1v) is 16.6. The van der Waals surface area contributed by atoms with Gasteiger partial charge in [-0.25, -0.2) is 14.5 Å². The number of hydrogen-bond acceptors (Lipinski definition) is 10. The zero-order chi connectivity index (χ0) is 29.3. The highest BCUT2D eigenvalue weighted by molar-refractivity contribution is 8.00. The summed E-state index contributed by atoms with van der Waals surface area (Å²) in [7, 11) is 0. The van der Waals surface area contributed by atoms with Crippen LogP contribution >= 0.6 is 34.4 Å². The molecule has 4 aromatic heterocycles. The molecule has 0 radical (unpaired) electrons. The molecule has 7 rings (SSSR count). The maximum Gasteiger partial charge on any atom is 0.262 e. The van der Waals surface area contributed by atoms with Crippen LogP contribution in [-0.4, -0.2) is 61.7 Å². The van der Waals surface area contributed by atoms with E-state index in [1.165, 1.54) is 22.7 Å². The van der Waals surface area contributed by atoms with Crippen LogP contribution in [0.3, 0.4) is 0 Å². The van der Waals surface area contributed by atoms with Crippen molar-refractivity contribution in [1.82, 2.24) is 29.8 Å². The van der Waals surface area contributed by atoms with Gasteiger partial charge in [0.25, 0.3) is 5.91 Å². The summed E-state index contributed by atoms with van der Waals surface area (Å²) in [6.45, 7) is 0.877. The normalized spacial score (nSPS) is 15.7. The van der Waals surface area contributed by atoms with Crippen molar-refractivity contribution < 1.29 is 18.7 Å². The topological polar surface area (TPSA) is 115 Å². The number of para-hydroxylation sites is 1. The van der Waals surface area contributed by atoms with E-state index in [1.807, 2.05) is 71.1 Å². The van der Waals surface area contributed by atoms with Crippen molar-refractivity contribution in [2.24, 2.45) is 0 Å². The number of thiophene rings is 1. The van der Waals surface area contributed by atoms with Crippen LogP contribution in [0.15, 0.2) is 81.0 Å². The van der Waals surface area contributed by atoms with Crippen LogP contribution < -0.4 is 10.1 Å². The number of likely N-dealkylation sites (tertiary alicyclic amines) is 1. The zero-order valence-electron chi connectivity index (χ0n) is 23.0. The lowest BCUT2D eigenvalue weighted by molar-refractivity contribution is -0.134. The quantitative estimate of drug-likeness (QED) is 0.196. The number of carbonyl (C=O) groups is 2. The smallest absolute Gasteiger partial charge is 0.262 e. The van der Waals surface area contributed by atoms with Gasteiger partial charge in [-0.2, -0.15) is 0 Å². The summed E-state index contributed by atoms with van der Waals surface area (Å²) in [4.78, 5) is 39.4. The number of benzene rings is 2. The summed E-state index contributed by atoms with van der Waals surface area (Å²) in [5.74, 6) is 0.540. The van der Waals surface area contributed by atoms with Gasteiger partial charge in [-0.05, 0) is 48.2 Å². The lowest BCUT2D eigenvalue weighted by Crippen LogP contribution is -2.46. The number of amides is 2. The van der Waals surface area contributed by atoms with Crippen molar-refractivity contribution in [3.05, 3.63) is 82.7 Å². The molecule has 13 heteroatoms. The molecule has 6 aromatic rings. The number of nitrogens with zero attached hydrogens (tertiary/aromatic N) is 5. The summed E-state index contributed by atoms with van der Waals surface area (Å²) in [6, 6.07) is 17.5. The Labute approximate surface area is 258 Å². The van der Waals surface area contributed by atoms with Gasteiger partial charge in [0.2, 0.25) is 16.8 Å². The molecule has 1 aliphatic rings. The predicted molar refractivity (Wildman–Crippen MR) is 167 cm³/mol. The van der Waals surface area contributed by atoms with E-state index >= 15 is 0 Å². The van der Waals surface area contributed by atoms with Crippen LogP contribution in [0, 0.1) is 0 Å². The molecule has 0 spiro atoms. The van der Waals surface area contributed by atoms with Crippen molar-refractivity contribution >= 4 is 62.3 Å². The van der Waals surface area contributed by atoms with Crippen molar-refractivity contribution in [3.63, 3.8) is 0 Å². The van der Waals surface area contributed by atoms with E-state index in [0.717, 1.165) is 27.7 Å². The molecule has 43 heavy (non-hydrogen) atoms. The number of ether oxygens (including phenoxy) is 1. The number of aromatic nitrogens is 4. The fourth-order valence-electron chi connectivity index (χ4n) is 5.21. The zero-order valence-corrected chi connectivity index (χ0v) is 25.5. The molecule has 5 heterocycles. The van der Waals surface area contributed by atoms with E-state index in [-0.39, 0.29) is 24.5 Å². The van der Waals surface area contributed by atoms with Crippen molar-refractivity contribution in [2.45, 2.75) is 29.3 Å². The van der Waals surface area contributed by atoms with Gasteiger partial charge in [0, 0.05) is 6.54 Å². The van der Waals surface area contributed by atoms with E-state index in [2.05, 4.69) is 15.4 Å². The number of carbonyl (C=O) groups excluding carboxylic acids is 2.